The van der Waals surface area contributed by atoms with Gasteiger partial charge in [0.2, 0.25) is 11.8 Å². The summed E-state index contributed by atoms with van der Waals surface area (Å²) in [5.41, 5.74) is 0.978. The number of aliphatic hydroxyl groups excluding tert-OH is 1. The second-order valence-electron chi connectivity index (χ2n) is 6.82. The lowest BCUT2D eigenvalue weighted by molar-refractivity contribution is -0.141. The topological polar surface area (TPSA) is 76.1 Å². The molecule has 0 saturated carbocycles. The summed E-state index contributed by atoms with van der Waals surface area (Å²) in [7, 11) is 1.55. The van der Waals surface area contributed by atoms with Crippen LogP contribution < -0.4 is 9.47 Å². The summed E-state index contributed by atoms with van der Waals surface area (Å²) < 4.78 is 11.0. The quantitative estimate of drug-likeness (QED) is 0.588. The first-order valence-electron chi connectivity index (χ1n) is 9.17. The fourth-order valence-corrected chi connectivity index (χ4v) is 3.60. The number of aliphatic hydroxyl groups is 1. The maximum absolute atomic E-state index is 12.5. The van der Waals surface area contributed by atoms with Crippen LogP contribution in [0.5, 0.6) is 11.5 Å². The third-order valence-electron chi connectivity index (χ3n) is 4.97. The average Bonchev–Trinajstić information content (AvgIpc) is 2.92. The molecule has 1 aromatic carbocycles. The average molecular weight is 371 g/mol. The summed E-state index contributed by atoms with van der Waals surface area (Å²) in [4.78, 5) is 26.1. The van der Waals surface area contributed by atoms with Crippen molar-refractivity contribution in [1.82, 2.24) is 4.90 Å². The predicted molar refractivity (Wildman–Crippen MR) is 101 cm³/mol. The number of β-amino-alcohol motifs (C(OH)–C–C–N with tert-alkyl or cyclic N) is 1. The summed E-state index contributed by atoms with van der Waals surface area (Å²) in [5, 5.41) is 10.3. The van der Waals surface area contributed by atoms with Crippen molar-refractivity contribution in [1.29, 1.82) is 0 Å². The number of carbonyl (C=O) groups excluding carboxylic acids is 2. The maximum Gasteiger partial charge on any atom is 0.233 e. The molecule has 0 aromatic heterocycles. The molecule has 0 bridgehead atoms. The van der Waals surface area contributed by atoms with E-state index >= 15 is 0 Å². The molecule has 3 atom stereocenters. The zero-order valence-electron chi connectivity index (χ0n) is 15.6. The van der Waals surface area contributed by atoms with Gasteiger partial charge in [-0.3, -0.25) is 14.5 Å². The Morgan fingerprint density at radius 2 is 1.85 bits per heavy atom. The van der Waals surface area contributed by atoms with Crippen molar-refractivity contribution in [2.75, 3.05) is 20.3 Å². The second kappa shape index (κ2) is 8.39. The lowest BCUT2D eigenvalue weighted by Gasteiger charge is -2.20. The minimum absolute atomic E-state index is 0.0377. The highest BCUT2D eigenvalue weighted by molar-refractivity contribution is 6.05. The van der Waals surface area contributed by atoms with Crippen molar-refractivity contribution in [3.63, 3.8) is 0 Å². The third-order valence-corrected chi connectivity index (χ3v) is 4.97. The number of benzene rings is 1. The van der Waals surface area contributed by atoms with Gasteiger partial charge in [-0.2, -0.15) is 0 Å². The molecule has 144 valence electrons. The van der Waals surface area contributed by atoms with E-state index in [-0.39, 0.29) is 36.8 Å². The number of nitrogens with zero attached hydrogens (tertiary/aromatic N) is 1. The van der Waals surface area contributed by atoms with Gasteiger partial charge < -0.3 is 14.6 Å². The van der Waals surface area contributed by atoms with Gasteiger partial charge in [0.15, 0.2) is 11.5 Å². The Balaban J connectivity index is 1.59. The van der Waals surface area contributed by atoms with Crippen molar-refractivity contribution < 1.29 is 24.2 Å². The molecule has 6 heteroatoms. The zero-order valence-corrected chi connectivity index (χ0v) is 15.6. The van der Waals surface area contributed by atoms with Gasteiger partial charge in [-0.05, 0) is 37.5 Å². The van der Waals surface area contributed by atoms with E-state index in [0.717, 1.165) is 5.56 Å². The van der Waals surface area contributed by atoms with E-state index in [1.54, 1.807) is 13.2 Å². The lowest BCUT2D eigenvalue weighted by Crippen LogP contribution is -2.40. The summed E-state index contributed by atoms with van der Waals surface area (Å²) in [6.07, 6.45) is 7.97. The van der Waals surface area contributed by atoms with Crippen LogP contribution in [0, 0.1) is 11.8 Å². The fraction of sp³-hybridized carbons (Fsp3) is 0.429. The fourth-order valence-electron chi connectivity index (χ4n) is 3.60. The normalized spacial score (nSPS) is 23.0. The number of ether oxygens (including phenoxy) is 2. The predicted octanol–water partition coefficient (Wildman–Crippen LogP) is 2.42. The SMILES string of the molecule is C/C=C/c1ccc(OC[C@H](O)CN2C(=O)[C@H]3CC=CC[C@@H]3C2=O)c(OC)c1. The molecule has 0 spiro atoms. The maximum atomic E-state index is 12.5. The van der Waals surface area contributed by atoms with E-state index < -0.39 is 6.10 Å². The molecule has 2 aliphatic rings. The number of amides is 2. The number of methoxy groups -OCH3 is 1. The molecular formula is C21H25NO5. The number of carbonyl (C=O) groups is 2. The van der Waals surface area contributed by atoms with Crippen LogP contribution in [0.4, 0.5) is 0 Å². The summed E-state index contributed by atoms with van der Waals surface area (Å²) in [5.74, 6) is 0.109. The first kappa shape index (κ1) is 19.2. The van der Waals surface area contributed by atoms with E-state index in [2.05, 4.69) is 0 Å². The molecule has 1 aromatic rings. The zero-order chi connectivity index (χ0) is 19.4. The summed E-state index contributed by atoms with van der Waals surface area (Å²) in [6, 6.07) is 5.50. The molecule has 1 N–H and O–H groups in total. The molecule has 3 rings (SSSR count). The number of allylic oxidation sites excluding steroid dienone is 3. The molecule has 1 saturated heterocycles. The van der Waals surface area contributed by atoms with Crippen LogP contribution in [0.15, 0.2) is 36.4 Å². The molecule has 1 aliphatic carbocycles. The lowest BCUT2D eigenvalue weighted by atomic mass is 9.85. The highest BCUT2D eigenvalue weighted by Gasteiger charge is 2.47. The highest BCUT2D eigenvalue weighted by atomic mass is 16.5. The first-order chi connectivity index (χ1) is 13.0. The molecule has 0 unspecified atom stereocenters. The van der Waals surface area contributed by atoms with Crippen molar-refractivity contribution in [3.05, 3.63) is 42.0 Å². The number of hydrogen-bond acceptors (Lipinski definition) is 5. The number of imide groups is 1. The molecule has 6 nitrogen and oxygen atoms in total. The number of fused-ring (bicyclic) bond motifs is 1. The van der Waals surface area contributed by atoms with Gasteiger partial charge >= 0.3 is 0 Å². The molecular weight excluding hydrogens is 346 g/mol. The Kier molecular flexibility index (Phi) is 5.96. The van der Waals surface area contributed by atoms with Crippen molar-refractivity contribution in [3.8, 4) is 11.5 Å². The Labute approximate surface area is 159 Å². The molecule has 2 amide bonds. The van der Waals surface area contributed by atoms with E-state index in [4.69, 9.17) is 9.47 Å². The van der Waals surface area contributed by atoms with Gasteiger partial charge in [0, 0.05) is 0 Å². The second-order valence-corrected chi connectivity index (χ2v) is 6.82. The summed E-state index contributed by atoms with van der Waals surface area (Å²) >= 11 is 0. The van der Waals surface area contributed by atoms with Crippen LogP contribution in [0.1, 0.15) is 25.3 Å². The van der Waals surface area contributed by atoms with Gasteiger partial charge in [0.25, 0.3) is 0 Å². The molecule has 1 heterocycles. The molecule has 1 fully saturated rings. The number of hydrogen-bond donors (Lipinski definition) is 1. The van der Waals surface area contributed by atoms with Crippen molar-refractivity contribution >= 4 is 17.9 Å². The van der Waals surface area contributed by atoms with Crippen LogP contribution in [-0.2, 0) is 9.59 Å². The highest BCUT2D eigenvalue weighted by Crippen LogP contribution is 2.35. The van der Waals surface area contributed by atoms with Gasteiger partial charge in [0.1, 0.15) is 12.7 Å². The molecule has 0 radical (unpaired) electrons. The van der Waals surface area contributed by atoms with Crippen LogP contribution in [0.3, 0.4) is 0 Å². The van der Waals surface area contributed by atoms with E-state index in [1.807, 2.05) is 43.4 Å². The van der Waals surface area contributed by atoms with E-state index in [9.17, 15) is 14.7 Å². The van der Waals surface area contributed by atoms with Gasteiger partial charge in [0.05, 0.1) is 25.5 Å². The van der Waals surface area contributed by atoms with Crippen LogP contribution in [0.25, 0.3) is 6.08 Å². The summed E-state index contributed by atoms with van der Waals surface area (Å²) in [6.45, 7) is 1.84. The van der Waals surface area contributed by atoms with E-state index in [1.165, 1.54) is 4.90 Å². The smallest absolute Gasteiger partial charge is 0.233 e. The molecule has 27 heavy (non-hydrogen) atoms. The van der Waals surface area contributed by atoms with Crippen LogP contribution >= 0.6 is 0 Å². The largest absolute Gasteiger partial charge is 0.493 e. The minimum atomic E-state index is -0.967. The Morgan fingerprint density at radius 3 is 2.44 bits per heavy atom. The Bertz CT molecular complexity index is 744. The van der Waals surface area contributed by atoms with E-state index in [0.29, 0.717) is 24.3 Å². The third kappa shape index (κ3) is 4.06. The Hall–Kier alpha value is -2.60. The van der Waals surface area contributed by atoms with Crippen molar-refractivity contribution in [2.45, 2.75) is 25.9 Å². The minimum Gasteiger partial charge on any atom is -0.493 e. The van der Waals surface area contributed by atoms with Gasteiger partial charge in [-0.15, -0.1) is 0 Å². The van der Waals surface area contributed by atoms with Crippen molar-refractivity contribution in [2.24, 2.45) is 11.8 Å². The number of rotatable bonds is 7. The van der Waals surface area contributed by atoms with Gasteiger partial charge in [-0.25, -0.2) is 0 Å². The standard InChI is InChI=1S/C21H25NO5/c1-3-6-14-9-10-18(19(11-14)26-2)27-13-15(23)12-22-20(24)16-7-4-5-8-17(16)21(22)25/h3-6,9-11,15-17,23H,7-8,12-13H2,1-2H3/b6-3+/t15-,16+,17+/m1/s1. The number of likely N-dealkylation sites (tertiary alicyclic amines) is 1. The van der Waals surface area contributed by atoms with Crippen LogP contribution in [0.2, 0.25) is 0 Å². The first-order valence-corrected chi connectivity index (χ1v) is 9.17. The Morgan fingerprint density at radius 1 is 1.19 bits per heavy atom. The van der Waals surface area contributed by atoms with Gasteiger partial charge in [-0.1, -0.05) is 30.4 Å². The monoisotopic (exact) mass is 371 g/mol. The van der Waals surface area contributed by atoms with Crippen LogP contribution in [-0.4, -0.2) is 48.2 Å². The molecule has 1 aliphatic heterocycles.